The maximum Gasteiger partial charge on any atom is 0.171 e. The molecule has 1 aliphatic heterocycles. The Morgan fingerprint density at radius 1 is 1.25 bits per heavy atom. The Hall–Kier alpha value is -1.88. The molecule has 3 rings (SSSR count). The minimum atomic E-state index is 0.0487. The Bertz CT molecular complexity index is 574. The van der Waals surface area contributed by atoms with Gasteiger partial charge in [-0.15, -0.1) is 10.2 Å². The van der Waals surface area contributed by atoms with Crippen molar-refractivity contribution in [1.82, 2.24) is 14.8 Å². The van der Waals surface area contributed by atoms with Crippen molar-refractivity contribution in [3.05, 3.63) is 41.5 Å². The molecule has 20 heavy (non-hydrogen) atoms. The third-order valence-corrected chi connectivity index (χ3v) is 3.71. The van der Waals surface area contributed by atoms with E-state index < -0.39 is 0 Å². The fourth-order valence-electron chi connectivity index (χ4n) is 2.49. The first-order chi connectivity index (χ1) is 9.74. The molecule has 1 aromatic carbocycles. The fourth-order valence-corrected chi connectivity index (χ4v) is 2.49. The largest absolute Gasteiger partial charge is 0.486 e. The molecule has 1 atom stereocenters. The van der Waals surface area contributed by atoms with Gasteiger partial charge in [0.05, 0.1) is 0 Å². The zero-order valence-electron chi connectivity index (χ0n) is 11.7. The van der Waals surface area contributed by atoms with Crippen LogP contribution in [0.2, 0.25) is 0 Å². The molecule has 0 amide bonds. The molecular formula is C15H20N4O. The minimum absolute atomic E-state index is 0.0487. The first-order valence-electron chi connectivity index (χ1n) is 7.13. The SMILES string of the molecule is C[C@H](N)c1ccc(OCc2nnc3n2CCCC3)cc1. The third kappa shape index (κ3) is 2.67. The lowest BCUT2D eigenvalue weighted by Gasteiger charge is -2.15. The van der Waals surface area contributed by atoms with E-state index in [4.69, 9.17) is 10.5 Å². The van der Waals surface area contributed by atoms with Crippen LogP contribution in [-0.4, -0.2) is 14.8 Å². The predicted octanol–water partition coefficient (Wildman–Crippen LogP) is 2.21. The van der Waals surface area contributed by atoms with E-state index in [9.17, 15) is 0 Å². The third-order valence-electron chi connectivity index (χ3n) is 3.71. The quantitative estimate of drug-likeness (QED) is 0.926. The van der Waals surface area contributed by atoms with Gasteiger partial charge in [0.2, 0.25) is 0 Å². The standard InChI is InChI=1S/C15H20N4O/c1-11(16)12-5-7-13(8-6-12)20-10-15-18-17-14-4-2-3-9-19(14)15/h5-8,11H,2-4,9-10,16H2,1H3/t11-/m0/s1. The molecule has 2 N–H and O–H groups in total. The molecule has 5 nitrogen and oxygen atoms in total. The fraction of sp³-hybridized carbons (Fsp3) is 0.467. The molecule has 1 aromatic heterocycles. The van der Waals surface area contributed by atoms with Crippen LogP contribution in [0.15, 0.2) is 24.3 Å². The predicted molar refractivity (Wildman–Crippen MR) is 76.3 cm³/mol. The summed E-state index contributed by atoms with van der Waals surface area (Å²) >= 11 is 0. The molecule has 0 bridgehead atoms. The van der Waals surface area contributed by atoms with Crippen molar-refractivity contribution >= 4 is 0 Å². The van der Waals surface area contributed by atoms with Gasteiger partial charge in [-0.3, -0.25) is 0 Å². The molecule has 0 spiro atoms. The Balaban J connectivity index is 1.66. The Kier molecular flexibility index (Phi) is 3.69. The number of hydrogen-bond donors (Lipinski definition) is 1. The number of nitrogens with zero attached hydrogens (tertiary/aromatic N) is 3. The molecule has 0 aliphatic carbocycles. The highest BCUT2D eigenvalue weighted by atomic mass is 16.5. The monoisotopic (exact) mass is 272 g/mol. The Labute approximate surface area is 118 Å². The van der Waals surface area contributed by atoms with E-state index in [1.165, 1.54) is 12.8 Å². The van der Waals surface area contributed by atoms with Crippen LogP contribution >= 0.6 is 0 Å². The van der Waals surface area contributed by atoms with Gasteiger partial charge in [-0.25, -0.2) is 0 Å². The van der Waals surface area contributed by atoms with E-state index in [1.807, 2.05) is 31.2 Å². The molecular weight excluding hydrogens is 252 g/mol. The van der Waals surface area contributed by atoms with Gasteiger partial charge in [0.1, 0.15) is 18.2 Å². The number of benzene rings is 1. The lowest BCUT2D eigenvalue weighted by Crippen LogP contribution is -2.14. The van der Waals surface area contributed by atoms with E-state index in [1.54, 1.807) is 0 Å². The number of nitrogens with two attached hydrogens (primary N) is 1. The summed E-state index contributed by atoms with van der Waals surface area (Å²) in [6.45, 7) is 3.44. The molecule has 5 heteroatoms. The number of aromatic nitrogens is 3. The number of hydrogen-bond acceptors (Lipinski definition) is 4. The van der Waals surface area contributed by atoms with Crippen molar-refractivity contribution < 1.29 is 4.74 Å². The van der Waals surface area contributed by atoms with Crippen LogP contribution in [-0.2, 0) is 19.6 Å². The van der Waals surface area contributed by atoms with Gasteiger partial charge < -0.3 is 15.0 Å². The van der Waals surface area contributed by atoms with Crippen molar-refractivity contribution in [3.63, 3.8) is 0 Å². The zero-order valence-corrected chi connectivity index (χ0v) is 11.7. The average Bonchev–Trinajstić information content (AvgIpc) is 2.89. The summed E-state index contributed by atoms with van der Waals surface area (Å²) in [6, 6.07) is 7.95. The van der Waals surface area contributed by atoms with Crippen LogP contribution in [0.25, 0.3) is 0 Å². The maximum absolute atomic E-state index is 5.83. The van der Waals surface area contributed by atoms with Crippen LogP contribution in [0.1, 0.15) is 43.0 Å². The van der Waals surface area contributed by atoms with Gasteiger partial charge in [-0.2, -0.15) is 0 Å². The summed E-state index contributed by atoms with van der Waals surface area (Å²) in [5.41, 5.74) is 6.94. The van der Waals surface area contributed by atoms with Crippen molar-refractivity contribution in [2.75, 3.05) is 0 Å². The minimum Gasteiger partial charge on any atom is -0.486 e. The van der Waals surface area contributed by atoms with Crippen LogP contribution in [0.4, 0.5) is 0 Å². The lowest BCUT2D eigenvalue weighted by molar-refractivity contribution is 0.286. The maximum atomic E-state index is 5.83. The van der Waals surface area contributed by atoms with Crippen molar-refractivity contribution in [2.45, 2.75) is 45.4 Å². The first kappa shape index (κ1) is 13.1. The van der Waals surface area contributed by atoms with Crippen molar-refractivity contribution in [3.8, 4) is 5.75 Å². The molecule has 0 unspecified atom stereocenters. The number of ether oxygens (including phenoxy) is 1. The molecule has 0 fully saturated rings. The van der Waals surface area contributed by atoms with Crippen LogP contribution in [0.5, 0.6) is 5.75 Å². The second-order valence-electron chi connectivity index (χ2n) is 5.29. The number of rotatable bonds is 4. The highest BCUT2D eigenvalue weighted by Crippen LogP contribution is 2.18. The zero-order chi connectivity index (χ0) is 13.9. The Morgan fingerprint density at radius 3 is 2.80 bits per heavy atom. The highest BCUT2D eigenvalue weighted by molar-refractivity contribution is 5.28. The van der Waals surface area contributed by atoms with Crippen LogP contribution in [0, 0.1) is 0 Å². The van der Waals surface area contributed by atoms with Crippen LogP contribution < -0.4 is 10.5 Å². The van der Waals surface area contributed by atoms with Crippen molar-refractivity contribution in [2.24, 2.45) is 5.73 Å². The van der Waals surface area contributed by atoms with Gasteiger partial charge >= 0.3 is 0 Å². The summed E-state index contributed by atoms with van der Waals surface area (Å²) in [6.07, 6.45) is 3.43. The topological polar surface area (TPSA) is 66.0 Å². The van der Waals surface area contributed by atoms with Gasteiger partial charge in [-0.05, 0) is 37.5 Å². The highest BCUT2D eigenvalue weighted by Gasteiger charge is 2.15. The number of aryl methyl sites for hydroxylation is 1. The average molecular weight is 272 g/mol. The summed E-state index contributed by atoms with van der Waals surface area (Å²) in [7, 11) is 0. The number of fused-ring (bicyclic) bond motifs is 1. The summed E-state index contributed by atoms with van der Waals surface area (Å²) < 4.78 is 7.97. The van der Waals surface area contributed by atoms with E-state index in [0.717, 1.165) is 35.9 Å². The molecule has 0 saturated heterocycles. The molecule has 0 radical (unpaired) electrons. The summed E-state index contributed by atoms with van der Waals surface area (Å²) in [5, 5.41) is 8.45. The van der Waals surface area contributed by atoms with Gasteiger partial charge in [0.25, 0.3) is 0 Å². The molecule has 2 heterocycles. The van der Waals surface area contributed by atoms with Gasteiger partial charge in [-0.1, -0.05) is 12.1 Å². The van der Waals surface area contributed by atoms with Gasteiger partial charge in [0, 0.05) is 19.0 Å². The van der Waals surface area contributed by atoms with Crippen LogP contribution in [0.3, 0.4) is 0 Å². The summed E-state index contributed by atoms with van der Waals surface area (Å²) in [4.78, 5) is 0. The lowest BCUT2D eigenvalue weighted by atomic mass is 10.1. The summed E-state index contributed by atoms with van der Waals surface area (Å²) in [5.74, 6) is 2.83. The molecule has 1 aliphatic rings. The van der Waals surface area contributed by atoms with Crippen molar-refractivity contribution in [1.29, 1.82) is 0 Å². The van der Waals surface area contributed by atoms with Gasteiger partial charge in [0.15, 0.2) is 5.82 Å². The second-order valence-corrected chi connectivity index (χ2v) is 5.29. The molecule has 0 saturated carbocycles. The Morgan fingerprint density at radius 2 is 2.05 bits per heavy atom. The normalized spacial score (nSPS) is 15.7. The van der Waals surface area contributed by atoms with E-state index in [0.29, 0.717) is 6.61 Å². The van der Waals surface area contributed by atoms with E-state index >= 15 is 0 Å². The van der Waals surface area contributed by atoms with E-state index in [2.05, 4.69) is 14.8 Å². The molecule has 106 valence electrons. The molecule has 2 aromatic rings. The first-order valence-corrected chi connectivity index (χ1v) is 7.13. The smallest absolute Gasteiger partial charge is 0.171 e. The second kappa shape index (κ2) is 5.63. The van der Waals surface area contributed by atoms with E-state index in [-0.39, 0.29) is 6.04 Å².